The van der Waals surface area contributed by atoms with E-state index >= 15 is 0 Å². The summed E-state index contributed by atoms with van der Waals surface area (Å²) in [5, 5.41) is 10.9. The fourth-order valence-corrected chi connectivity index (χ4v) is 0.796. The molecule has 0 aromatic heterocycles. The lowest BCUT2D eigenvalue weighted by Crippen LogP contribution is -2.33. The van der Waals surface area contributed by atoms with E-state index in [9.17, 15) is 13.2 Å². The molecule has 0 aliphatic carbocycles. The molecule has 0 unspecified atom stereocenters. The Balaban J connectivity index is 3.52. The van der Waals surface area contributed by atoms with Gasteiger partial charge in [0.2, 0.25) is 0 Å². The maximum atomic E-state index is 11.6. The maximum absolute atomic E-state index is 11.6. The number of rotatable bonds is 6. The number of ether oxygens (including phenoxy) is 1. The molecule has 0 spiro atoms. The van der Waals surface area contributed by atoms with Crippen molar-refractivity contribution < 1.29 is 23.1 Å². The number of hydrogen-bond acceptors (Lipinski definition) is 4. The first-order valence-corrected chi connectivity index (χ1v) is 4.14. The molecule has 0 rings (SSSR count). The predicted molar refractivity (Wildman–Crippen MR) is 47.8 cm³/mol. The van der Waals surface area contributed by atoms with Gasteiger partial charge >= 0.3 is 6.18 Å². The van der Waals surface area contributed by atoms with Gasteiger partial charge in [-0.3, -0.25) is 4.90 Å². The minimum Gasteiger partial charge on any atom is -0.409 e. The van der Waals surface area contributed by atoms with Crippen molar-refractivity contribution in [1.82, 2.24) is 4.90 Å². The highest BCUT2D eigenvalue weighted by Gasteiger charge is 2.27. The van der Waals surface area contributed by atoms with Gasteiger partial charge in [-0.25, -0.2) is 0 Å². The zero-order valence-electron chi connectivity index (χ0n) is 8.29. The van der Waals surface area contributed by atoms with Crippen LogP contribution in [0.3, 0.4) is 0 Å². The average Bonchev–Trinajstić information content (AvgIpc) is 2.11. The van der Waals surface area contributed by atoms with E-state index < -0.39 is 12.8 Å². The van der Waals surface area contributed by atoms with Gasteiger partial charge in [-0.2, -0.15) is 13.2 Å². The molecular weight excluding hydrogens is 215 g/mol. The molecule has 5 nitrogen and oxygen atoms in total. The molecule has 0 saturated heterocycles. The lowest BCUT2D eigenvalue weighted by Gasteiger charge is -2.15. The van der Waals surface area contributed by atoms with Crippen LogP contribution in [0, 0.1) is 0 Å². The number of hydrogen-bond donors (Lipinski definition) is 2. The van der Waals surface area contributed by atoms with Crippen LogP contribution in [-0.4, -0.2) is 55.5 Å². The molecule has 0 atom stereocenters. The molecule has 0 fully saturated rings. The van der Waals surface area contributed by atoms with E-state index in [1.807, 2.05) is 0 Å². The van der Waals surface area contributed by atoms with Crippen LogP contribution in [0.5, 0.6) is 0 Å². The van der Waals surface area contributed by atoms with Gasteiger partial charge in [0.25, 0.3) is 0 Å². The smallest absolute Gasteiger partial charge is 0.409 e. The molecule has 0 aliphatic rings. The number of halogens is 3. The second-order valence-electron chi connectivity index (χ2n) is 3.00. The number of oxime groups is 1. The molecule has 0 aliphatic heterocycles. The van der Waals surface area contributed by atoms with E-state index in [1.165, 1.54) is 0 Å². The maximum Gasteiger partial charge on any atom is 0.411 e. The summed E-state index contributed by atoms with van der Waals surface area (Å²) in [5.74, 6) is -0.00618. The highest BCUT2D eigenvalue weighted by molar-refractivity contribution is 5.81. The van der Waals surface area contributed by atoms with E-state index in [0.29, 0.717) is 0 Å². The normalized spacial score (nSPS) is 13.5. The van der Waals surface area contributed by atoms with Crippen molar-refractivity contribution in [2.24, 2.45) is 10.9 Å². The number of alkyl halides is 3. The third kappa shape index (κ3) is 9.29. The Labute approximate surface area is 85.3 Å². The zero-order valence-corrected chi connectivity index (χ0v) is 8.29. The van der Waals surface area contributed by atoms with Crippen LogP contribution in [0.2, 0.25) is 0 Å². The summed E-state index contributed by atoms with van der Waals surface area (Å²) in [5.41, 5.74) is 5.18. The van der Waals surface area contributed by atoms with Crippen LogP contribution in [-0.2, 0) is 4.74 Å². The molecular formula is C7H14F3N3O2. The molecule has 0 amide bonds. The van der Waals surface area contributed by atoms with Crippen LogP contribution < -0.4 is 5.73 Å². The molecule has 0 radical (unpaired) electrons. The second-order valence-corrected chi connectivity index (χ2v) is 3.00. The van der Waals surface area contributed by atoms with E-state index in [-0.39, 0.29) is 25.5 Å². The predicted octanol–water partition coefficient (Wildman–Crippen LogP) is 0.243. The Kier molecular flexibility index (Phi) is 6.02. The number of likely N-dealkylation sites (N-methyl/N-ethyl adjacent to an activating group) is 1. The van der Waals surface area contributed by atoms with E-state index in [2.05, 4.69) is 9.89 Å². The molecule has 3 N–H and O–H groups in total. The van der Waals surface area contributed by atoms with Gasteiger partial charge in [0.05, 0.1) is 13.2 Å². The summed E-state index contributed by atoms with van der Waals surface area (Å²) >= 11 is 0. The van der Waals surface area contributed by atoms with Crippen molar-refractivity contribution in [3.8, 4) is 0 Å². The number of nitrogens with zero attached hydrogens (tertiary/aromatic N) is 2. The molecule has 90 valence electrons. The molecule has 0 aromatic rings. The van der Waals surface area contributed by atoms with Crippen LogP contribution in [0.15, 0.2) is 5.16 Å². The van der Waals surface area contributed by atoms with Gasteiger partial charge in [-0.1, -0.05) is 5.16 Å². The van der Waals surface area contributed by atoms with E-state index in [1.54, 1.807) is 11.9 Å². The summed E-state index contributed by atoms with van der Waals surface area (Å²) < 4.78 is 39.3. The Morgan fingerprint density at radius 3 is 2.60 bits per heavy atom. The molecule has 0 aromatic carbocycles. The second kappa shape index (κ2) is 6.46. The first-order chi connectivity index (χ1) is 6.85. The fourth-order valence-electron chi connectivity index (χ4n) is 0.796. The van der Waals surface area contributed by atoms with Gasteiger partial charge in [0.15, 0.2) is 5.84 Å². The van der Waals surface area contributed by atoms with Gasteiger partial charge < -0.3 is 15.7 Å². The number of nitrogens with two attached hydrogens (primary N) is 1. The minimum atomic E-state index is -4.30. The monoisotopic (exact) mass is 229 g/mol. The van der Waals surface area contributed by atoms with Crippen molar-refractivity contribution >= 4 is 5.84 Å². The summed E-state index contributed by atoms with van der Waals surface area (Å²) in [6.07, 6.45) is -4.30. The Bertz CT molecular complexity index is 208. The Hall–Kier alpha value is -1.02. The standard InChI is InChI=1S/C7H14F3N3O2/c1-13(4-6(11)12-14)2-3-15-5-7(8,9)10/h14H,2-5H2,1H3,(H2,11,12). The van der Waals surface area contributed by atoms with Crippen LogP contribution in [0.4, 0.5) is 13.2 Å². The molecule has 8 heteroatoms. The third-order valence-electron chi connectivity index (χ3n) is 1.44. The van der Waals surface area contributed by atoms with Gasteiger partial charge in [-0.05, 0) is 7.05 Å². The van der Waals surface area contributed by atoms with E-state index in [4.69, 9.17) is 10.9 Å². The van der Waals surface area contributed by atoms with Crippen molar-refractivity contribution in [3.05, 3.63) is 0 Å². The topological polar surface area (TPSA) is 71.1 Å². The number of amidine groups is 1. The van der Waals surface area contributed by atoms with Crippen LogP contribution in [0.1, 0.15) is 0 Å². The molecule has 15 heavy (non-hydrogen) atoms. The van der Waals surface area contributed by atoms with Gasteiger partial charge in [0, 0.05) is 6.54 Å². The van der Waals surface area contributed by atoms with Crippen LogP contribution >= 0.6 is 0 Å². The highest BCUT2D eigenvalue weighted by atomic mass is 19.4. The lowest BCUT2D eigenvalue weighted by molar-refractivity contribution is -0.174. The van der Waals surface area contributed by atoms with Crippen molar-refractivity contribution in [1.29, 1.82) is 0 Å². The fraction of sp³-hybridized carbons (Fsp3) is 0.857. The SMILES string of the molecule is CN(CCOCC(F)(F)F)CC(N)=NO. The summed E-state index contributed by atoms with van der Waals surface area (Å²) in [6, 6.07) is 0. The average molecular weight is 229 g/mol. The Morgan fingerprint density at radius 1 is 1.53 bits per heavy atom. The van der Waals surface area contributed by atoms with Crippen molar-refractivity contribution in [3.63, 3.8) is 0 Å². The first kappa shape index (κ1) is 14.0. The highest BCUT2D eigenvalue weighted by Crippen LogP contribution is 2.14. The van der Waals surface area contributed by atoms with Gasteiger partial charge in [0.1, 0.15) is 6.61 Å². The third-order valence-corrected chi connectivity index (χ3v) is 1.44. The van der Waals surface area contributed by atoms with Crippen molar-refractivity contribution in [2.75, 3.05) is 33.4 Å². The largest absolute Gasteiger partial charge is 0.411 e. The summed E-state index contributed by atoms with van der Waals surface area (Å²) in [6.45, 7) is -0.878. The van der Waals surface area contributed by atoms with Crippen molar-refractivity contribution in [2.45, 2.75) is 6.18 Å². The summed E-state index contributed by atoms with van der Waals surface area (Å²) in [4.78, 5) is 1.57. The Morgan fingerprint density at radius 2 is 2.13 bits per heavy atom. The quantitative estimate of drug-likeness (QED) is 0.225. The minimum absolute atomic E-state index is 0.00618. The first-order valence-electron chi connectivity index (χ1n) is 4.14. The summed E-state index contributed by atoms with van der Waals surface area (Å²) in [7, 11) is 1.62. The van der Waals surface area contributed by atoms with Gasteiger partial charge in [-0.15, -0.1) is 0 Å². The molecule has 0 bridgehead atoms. The van der Waals surface area contributed by atoms with E-state index in [0.717, 1.165) is 0 Å². The molecule has 0 saturated carbocycles. The van der Waals surface area contributed by atoms with Crippen LogP contribution in [0.25, 0.3) is 0 Å². The molecule has 0 heterocycles. The lowest BCUT2D eigenvalue weighted by atomic mass is 10.5. The zero-order chi connectivity index (χ0) is 11.9.